The topological polar surface area (TPSA) is 78.5 Å². The first kappa shape index (κ1) is 19.6. The Kier molecular flexibility index (Phi) is 5.23. The van der Waals surface area contributed by atoms with Crippen molar-refractivity contribution in [3.63, 3.8) is 0 Å². The van der Waals surface area contributed by atoms with Gasteiger partial charge in [0.2, 0.25) is 5.91 Å². The minimum atomic E-state index is -1.20. The van der Waals surface area contributed by atoms with E-state index >= 15 is 0 Å². The fourth-order valence-corrected chi connectivity index (χ4v) is 3.73. The molecule has 6 heteroatoms. The van der Waals surface area contributed by atoms with Crippen LogP contribution in [0.25, 0.3) is 10.8 Å². The standard InChI is InChI=1S/C24H23N3O3/c1-24(20-12-11-18-9-5-6-10-19(18)15-20)22(29)27(23(30)26-24)16-21(28)25-14-13-17-7-3-2-4-8-17/h2-12,15H,13-14,16H2,1H3,(H,25,28)(H,26,30). The van der Waals surface area contributed by atoms with E-state index in [0.717, 1.165) is 21.2 Å². The molecule has 4 amide bonds. The number of rotatable bonds is 6. The summed E-state index contributed by atoms with van der Waals surface area (Å²) in [5.41, 5.74) is 0.592. The van der Waals surface area contributed by atoms with Gasteiger partial charge in [0, 0.05) is 6.54 Å². The summed E-state index contributed by atoms with van der Waals surface area (Å²) >= 11 is 0. The van der Waals surface area contributed by atoms with E-state index in [1.54, 1.807) is 6.92 Å². The van der Waals surface area contributed by atoms with Crippen molar-refractivity contribution in [3.05, 3.63) is 83.9 Å². The summed E-state index contributed by atoms with van der Waals surface area (Å²) in [5, 5.41) is 7.57. The van der Waals surface area contributed by atoms with Gasteiger partial charge in [-0.1, -0.05) is 66.7 Å². The average molecular weight is 401 g/mol. The maximum atomic E-state index is 13.1. The van der Waals surface area contributed by atoms with Crippen LogP contribution in [0.5, 0.6) is 0 Å². The molecule has 2 N–H and O–H groups in total. The molecule has 1 unspecified atom stereocenters. The molecule has 1 aliphatic heterocycles. The Morgan fingerprint density at radius 2 is 1.67 bits per heavy atom. The van der Waals surface area contributed by atoms with Gasteiger partial charge in [-0.05, 0) is 41.3 Å². The number of fused-ring (bicyclic) bond motifs is 1. The third-order valence-electron chi connectivity index (χ3n) is 5.48. The summed E-state index contributed by atoms with van der Waals surface area (Å²) in [6.45, 7) is 1.81. The number of imide groups is 1. The van der Waals surface area contributed by atoms with E-state index < -0.39 is 17.5 Å². The van der Waals surface area contributed by atoms with Gasteiger partial charge in [-0.15, -0.1) is 0 Å². The fraction of sp³-hybridized carbons (Fsp3) is 0.208. The second-order valence-corrected chi connectivity index (χ2v) is 7.59. The van der Waals surface area contributed by atoms with Crippen molar-refractivity contribution in [2.24, 2.45) is 0 Å². The summed E-state index contributed by atoms with van der Waals surface area (Å²) in [4.78, 5) is 38.8. The van der Waals surface area contributed by atoms with Crippen LogP contribution in [0.1, 0.15) is 18.1 Å². The van der Waals surface area contributed by atoms with Crippen LogP contribution in [0.3, 0.4) is 0 Å². The van der Waals surface area contributed by atoms with E-state index in [1.165, 1.54) is 0 Å². The van der Waals surface area contributed by atoms with Gasteiger partial charge in [-0.25, -0.2) is 4.79 Å². The van der Waals surface area contributed by atoms with E-state index in [0.29, 0.717) is 18.5 Å². The van der Waals surface area contributed by atoms with Gasteiger partial charge < -0.3 is 10.6 Å². The van der Waals surface area contributed by atoms with Crippen molar-refractivity contribution in [1.29, 1.82) is 0 Å². The number of carbonyl (C=O) groups is 3. The van der Waals surface area contributed by atoms with Crippen LogP contribution in [0.2, 0.25) is 0 Å². The number of hydrogen-bond acceptors (Lipinski definition) is 3. The van der Waals surface area contributed by atoms with E-state index in [9.17, 15) is 14.4 Å². The molecular weight excluding hydrogens is 378 g/mol. The smallest absolute Gasteiger partial charge is 0.325 e. The van der Waals surface area contributed by atoms with E-state index in [1.807, 2.05) is 72.8 Å². The molecule has 0 aromatic heterocycles. The molecule has 3 aromatic carbocycles. The number of benzene rings is 3. The van der Waals surface area contributed by atoms with Crippen LogP contribution in [-0.4, -0.2) is 35.8 Å². The van der Waals surface area contributed by atoms with Crippen molar-refractivity contribution in [2.45, 2.75) is 18.9 Å². The van der Waals surface area contributed by atoms with Gasteiger partial charge >= 0.3 is 6.03 Å². The van der Waals surface area contributed by atoms with E-state index in [4.69, 9.17) is 0 Å². The van der Waals surface area contributed by atoms with Gasteiger partial charge in [0.1, 0.15) is 12.1 Å². The highest BCUT2D eigenvalue weighted by atomic mass is 16.2. The minimum Gasteiger partial charge on any atom is -0.354 e. The lowest BCUT2D eigenvalue weighted by Crippen LogP contribution is -2.43. The largest absolute Gasteiger partial charge is 0.354 e. The Labute approximate surface area is 174 Å². The van der Waals surface area contributed by atoms with Crippen LogP contribution in [0.15, 0.2) is 72.8 Å². The zero-order chi connectivity index (χ0) is 21.1. The molecule has 3 aromatic rings. The molecule has 1 aliphatic rings. The normalized spacial score (nSPS) is 18.5. The number of hydrogen-bond donors (Lipinski definition) is 2. The van der Waals surface area contributed by atoms with Crippen molar-refractivity contribution in [1.82, 2.24) is 15.5 Å². The van der Waals surface area contributed by atoms with Crippen molar-refractivity contribution < 1.29 is 14.4 Å². The molecule has 4 rings (SSSR count). The number of nitrogens with zero attached hydrogens (tertiary/aromatic N) is 1. The van der Waals surface area contributed by atoms with Gasteiger partial charge in [-0.3, -0.25) is 14.5 Å². The lowest BCUT2D eigenvalue weighted by Gasteiger charge is -2.22. The van der Waals surface area contributed by atoms with Crippen molar-refractivity contribution >= 4 is 28.6 Å². The van der Waals surface area contributed by atoms with Crippen LogP contribution < -0.4 is 10.6 Å². The molecule has 0 aliphatic carbocycles. The Hall–Kier alpha value is -3.67. The first-order chi connectivity index (χ1) is 14.5. The fourth-order valence-electron chi connectivity index (χ4n) is 3.73. The highest BCUT2D eigenvalue weighted by molar-refractivity contribution is 6.09. The van der Waals surface area contributed by atoms with Crippen molar-refractivity contribution in [2.75, 3.05) is 13.1 Å². The van der Waals surface area contributed by atoms with E-state index in [2.05, 4.69) is 10.6 Å². The van der Waals surface area contributed by atoms with Crippen molar-refractivity contribution in [3.8, 4) is 0 Å². The Balaban J connectivity index is 1.43. The minimum absolute atomic E-state index is 0.303. The molecule has 1 saturated heterocycles. The first-order valence-electron chi connectivity index (χ1n) is 9.91. The molecule has 30 heavy (non-hydrogen) atoms. The summed E-state index contributed by atoms with van der Waals surface area (Å²) in [6, 6.07) is 22.7. The lowest BCUT2D eigenvalue weighted by atomic mass is 9.90. The summed E-state index contributed by atoms with van der Waals surface area (Å²) in [7, 11) is 0. The molecule has 0 radical (unpaired) electrons. The zero-order valence-electron chi connectivity index (χ0n) is 16.7. The quantitative estimate of drug-likeness (QED) is 0.624. The SMILES string of the molecule is CC1(c2ccc3ccccc3c2)NC(=O)N(CC(=O)NCCc2ccccc2)C1=O. The van der Waals surface area contributed by atoms with Gasteiger partial charge in [0.25, 0.3) is 5.91 Å². The summed E-state index contributed by atoms with van der Waals surface area (Å²) in [5.74, 6) is -0.793. The molecule has 0 spiro atoms. The predicted molar refractivity (Wildman–Crippen MR) is 115 cm³/mol. The molecule has 1 heterocycles. The van der Waals surface area contributed by atoms with Crippen LogP contribution in [0.4, 0.5) is 4.79 Å². The lowest BCUT2D eigenvalue weighted by molar-refractivity contribution is -0.134. The third kappa shape index (κ3) is 3.76. The monoisotopic (exact) mass is 401 g/mol. The molecule has 152 valence electrons. The summed E-state index contributed by atoms with van der Waals surface area (Å²) in [6.07, 6.45) is 0.682. The van der Waals surface area contributed by atoms with Crippen LogP contribution >= 0.6 is 0 Å². The van der Waals surface area contributed by atoms with E-state index in [-0.39, 0.29) is 12.5 Å². The van der Waals surface area contributed by atoms with Crippen LogP contribution in [0, 0.1) is 0 Å². The number of urea groups is 1. The first-order valence-corrected chi connectivity index (χ1v) is 9.91. The van der Waals surface area contributed by atoms with Gasteiger partial charge in [-0.2, -0.15) is 0 Å². The molecule has 0 saturated carbocycles. The zero-order valence-corrected chi connectivity index (χ0v) is 16.7. The second-order valence-electron chi connectivity index (χ2n) is 7.59. The van der Waals surface area contributed by atoms with Gasteiger partial charge in [0.15, 0.2) is 0 Å². The van der Waals surface area contributed by atoms with Crippen LogP contribution in [-0.2, 0) is 21.5 Å². The number of carbonyl (C=O) groups excluding carboxylic acids is 3. The highest BCUT2D eigenvalue weighted by Gasteiger charge is 2.49. The molecule has 1 atom stereocenters. The predicted octanol–water partition coefficient (Wildman–Crippen LogP) is 2.97. The number of nitrogens with one attached hydrogen (secondary N) is 2. The molecule has 1 fully saturated rings. The Morgan fingerprint density at radius 1 is 0.967 bits per heavy atom. The molecular formula is C24H23N3O3. The average Bonchev–Trinajstić information content (AvgIpc) is 2.98. The number of amides is 4. The second kappa shape index (κ2) is 7.99. The third-order valence-corrected chi connectivity index (χ3v) is 5.48. The summed E-state index contributed by atoms with van der Waals surface area (Å²) < 4.78 is 0. The highest BCUT2D eigenvalue weighted by Crippen LogP contribution is 2.30. The molecule has 0 bridgehead atoms. The Bertz CT molecular complexity index is 1110. The van der Waals surface area contributed by atoms with Gasteiger partial charge in [0.05, 0.1) is 0 Å². The maximum Gasteiger partial charge on any atom is 0.325 e. The maximum absolute atomic E-state index is 13.1. The molecule has 6 nitrogen and oxygen atoms in total. The Morgan fingerprint density at radius 3 is 2.43 bits per heavy atom.